The molecule has 0 aliphatic carbocycles. The molecule has 37 heavy (non-hydrogen) atoms. The molecular formula is C25H19BrF4N2O4S. The van der Waals surface area contributed by atoms with Crippen molar-refractivity contribution in [1.82, 2.24) is 5.32 Å². The molecule has 0 bridgehead atoms. The fraction of sp³-hybridized carbons (Fsp3) is 0.160. The molecule has 1 aromatic heterocycles. The van der Waals surface area contributed by atoms with Gasteiger partial charge in [0.15, 0.2) is 5.82 Å². The van der Waals surface area contributed by atoms with E-state index in [0.717, 1.165) is 18.4 Å². The largest absolute Gasteiger partial charge is 0.463 e. The second kappa shape index (κ2) is 9.82. The number of hydrogen-bond donors (Lipinski definition) is 1. The molecule has 0 aliphatic rings. The molecule has 3 aromatic carbocycles. The minimum Gasteiger partial charge on any atom is -0.463 e. The van der Waals surface area contributed by atoms with E-state index in [1.165, 1.54) is 49.7 Å². The van der Waals surface area contributed by atoms with Gasteiger partial charge in [-0.15, -0.1) is 0 Å². The van der Waals surface area contributed by atoms with Gasteiger partial charge in [0.2, 0.25) is 10.0 Å². The number of sulfonamides is 1. The van der Waals surface area contributed by atoms with Crippen molar-refractivity contribution in [3.8, 4) is 11.1 Å². The molecule has 12 heteroatoms. The number of hydrogen-bond acceptors (Lipinski definition) is 4. The highest BCUT2D eigenvalue weighted by molar-refractivity contribution is 9.10. The third kappa shape index (κ3) is 5.35. The summed E-state index contributed by atoms with van der Waals surface area (Å²) in [5.41, 5.74) is -0.897. The molecule has 0 saturated carbocycles. The first kappa shape index (κ1) is 26.7. The van der Waals surface area contributed by atoms with Gasteiger partial charge in [-0.05, 0) is 41.5 Å². The smallest absolute Gasteiger partial charge is 0.416 e. The molecule has 1 amide bonds. The van der Waals surface area contributed by atoms with Crippen molar-refractivity contribution in [3.05, 3.63) is 87.8 Å². The van der Waals surface area contributed by atoms with Gasteiger partial charge in [-0.25, -0.2) is 12.8 Å². The second-order valence-corrected chi connectivity index (χ2v) is 11.0. The molecule has 1 heterocycles. The van der Waals surface area contributed by atoms with Gasteiger partial charge < -0.3 is 9.73 Å². The van der Waals surface area contributed by atoms with E-state index >= 15 is 4.39 Å². The van der Waals surface area contributed by atoms with Gasteiger partial charge >= 0.3 is 6.18 Å². The average Bonchev–Trinajstić information content (AvgIpc) is 3.25. The number of nitrogens with zero attached hydrogens (tertiary/aromatic N) is 1. The zero-order valence-electron chi connectivity index (χ0n) is 19.4. The quantitative estimate of drug-likeness (QED) is 0.262. The number of carbonyl (C=O) groups excluding carboxylic acids is 1. The van der Waals surface area contributed by atoms with Crippen LogP contribution in [0, 0.1) is 5.82 Å². The molecule has 0 fully saturated rings. The highest BCUT2D eigenvalue weighted by atomic mass is 79.9. The molecule has 6 nitrogen and oxygen atoms in total. The Morgan fingerprint density at radius 1 is 1.11 bits per heavy atom. The summed E-state index contributed by atoms with van der Waals surface area (Å²) in [7, 11) is -2.73. The van der Waals surface area contributed by atoms with Crippen LogP contribution in [-0.2, 0) is 22.7 Å². The summed E-state index contributed by atoms with van der Waals surface area (Å²) < 4.78 is 88.2. The van der Waals surface area contributed by atoms with Crippen molar-refractivity contribution in [2.24, 2.45) is 0 Å². The van der Waals surface area contributed by atoms with Crippen LogP contribution in [0.15, 0.2) is 69.8 Å². The minimum absolute atomic E-state index is 0.00204. The lowest BCUT2D eigenvalue weighted by atomic mass is 10.0. The fourth-order valence-electron chi connectivity index (χ4n) is 3.93. The van der Waals surface area contributed by atoms with Crippen LogP contribution < -0.4 is 9.62 Å². The van der Waals surface area contributed by atoms with Crippen LogP contribution in [0.4, 0.5) is 23.2 Å². The maximum absolute atomic E-state index is 15.8. The molecule has 0 atom stereocenters. The number of furan rings is 1. The van der Waals surface area contributed by atoms with Gasteiger partial charge in [0.1, 0.15) is 11.8 Å². The third-order valence-electron chi connectivity index (χ3n) is 5.70. The Hall–Kier alpha value is -3.38. The lowest BCUT2D eigenvalue weighted by Crippen LogP contribution is -2.31. The molecule has 0 radical (unpaired) electrons. The molecule has 4 rings (SSSR count). The summed E-state index contributed by atoms with van der Waals surface area (Å²) in [6, 6.07) is 11.9. The normalized spacial score (nSPS) is 12.1. The van der Waals surface area contributed by atoms with Crippen molar-refractivity contribution in [2.75, 3.05) is 17.6 Å². The van der Waals surface area contributed by atoms with E-state index in [4.69, 9.17) is 4.42 Å². The maximum atomic E-state index is 15.8. The summed E-state index contributed by atoms with van der Waals surface area (Å²) in [5.74, 6) is -1.31. The number of nitrogens with one attached hydrogen (secondary N) is 1. The summed E-state index contributed by atoms with van der Waals surface area (Å²) in [6.07, 6.45) is -2.70. The highest BCUT2D eigenvalue weighted by Crippen LogP contribution is 2.37. The van der Waals surface area contributed by atoms with Crippen molar-refractivity contribution in [2.45, 2.75) is 12.7 Å². The molecule has 0 aliphatic heterocycles. The Balaban J connectivity index is 1.81. The van der Waals surface area contributed by atoms with Crippen LogP contribution >= 0.6 is 15.9 Å². The number of anilines is 1. The molecule has 4 aromatic rings. The van der Waals surface area contributed by atoms with Crippen molar-refractivity contribution in [1.29, 1.82) is 0 Å². The third-order valence-corrected chi connectivity index (χ3v) is 7.32. The molecule has 0 spiro atoms. The number of amides is 1. The van der Waals surface area contributed by atoms with Crippen molar-refractivity contribution in [3.63, 3.8) is 0 Å². The number of fused-ring (bicyclic) bond motifs is 1. The minimum atomic E-state index is -4.76. The van der Waals surface area contributed by atoms with Crippen LogP contribution in [-0.4, -0.2) is 27.6 Å². The van der Waals surface area contributed by atoms with Crippen LogP contribution in [0.2, 0.25) is 0 Å². The summed E-state index contributed by atoms with van der Waals surface area (Å²) >= 11 is 3.00. The first-order chi connectivity index (χ1) is 17.3. The van der Waals surface area contributed by atoms with E-state index < -0.39 is 39.8 Å². The zero-order valence-corrected chi connectivity index (χ0v) is 21.8. The SMILES string of the molecule is CNC(=O)c1coc2cc(-c3cccc(N(Cc4ccc(Br)cc4C(F)(F)F)S(C)(=O)=O)c3F)ccc12. The van der Waals surface area contributed by atoms with Gasteiger partial charge in [-0.1, -0.05) is 40.2 Å². The number of benzene rings is 3. The number of halogens is 5. The van der Waals surface area contributed by atoms with E-state index in [-0.39, 0.29) is 27.1 Å². The van der Waals surface area contributed by atoms with Gasteiger partial charge in [-0.2, -0.15) is 13.2 Å². The Labute approximate surface area is 218 Å². The van der Waals surface area contributed by atoms with Gasteiger partial charge in [0.05, 0.1) is 29.6 Å². The van der Waals surface area contributed by atoms with Gasteiger partial charge in [0.25, 0.3) is 5.91 Å². The molecule has 1 N–H and O–H groups in total. The number of carbonyl (C=O) groups is 1. The number of rotatable bonds is 6. The lowest BCUT2D eigenvalue weighted by molar-refractivity contribution is -0.138. The van der Waals surface area contributed by atoms with E-state index in [2.05, 4.69) is 21.2 Å². The van der Waals surface area contributed by atoms with Crippen LogP contribution in [0.25, 0.3) is 22.1 Å². The van der Waals surface area contributed by atoms with Gasteiger partial charge in [0, 0.05) is 22.5 Å². The fourth-order valence-corrected chi connectivity index (χ4v) is 5.16. The predicted octanol–water partition coefficient (Wildman–Crippen LogP) is 6.35. The molecule has 0 unspecified atom stereocenters. The van der Waals surface area contributed by atoms with E-state index in [0.29, 0.717) is 20.8 Å². The lowest BCUT2D eigenvalue weighted by Gasteiger charge is -2.25. The maximum Gasteiger partial charge on any atom is 0.416 e. The Morgan fingerprint density at radius 3 is 2.49 bits per heavy atom. The zero-order chi connectivity index (χ0) is 27.1. The molecular weight excluding hydrogens is 580 g/mol. The van der Waals surface area contributed by atoms with E-state index in [1.807, 2.05) is 0 Å². The Kier molecular flexibility index (Phi) is 7.08. The predicted molar refractivity (Wildman–Crippen MR) is 135 cm³/mol. The van der Waals surface area contributed by atoms with Crippen molar-refractivity contribution >= 4 is 48.5 Å². The highest BCUT2D eigenvalue weighted by Gasteiger charge is 2.35. The van der Waals surface area contributed by atoms with Crippen LogP contribution in [0.1, 0.15) is 21.5 Å². The standard InChI is InChI=1S/C25H19BrF4N2O4S/c1-31-24(33)19-13-36-22-10-14(7-9-18(19)22)17-4-3-5-21(23(17)27)32(37(2,34)35)12-15-6-8-16(26)11-20(15)25(28,29)30/h3-11,13H,12H2,1-2H3,(H,31,33). The summed E-state index contributed by atoms with van der Waals surface area (Å²) in [4.78, 5) is 12.0. The van der Waals surface area contributed by atoms with E-state index in [9.17, 15) is 26.4 Å². The van der Waals surface area contributed by atoms with Crippen LogP contribution in [0.5, 0.6) is 0 Å². The topological polar surface area (TPSA) is 79.6 Å². The summed E-state index contributed by atoms with van der Waals surface area (Å²) in [5, 5.41) is 2.98. The van der Waals surface area contributed by atoms with E-state index in [1.54, 1.807) is 6.07 Å². The monoisotopic (exact) mass is 598 g/mol. The molecule has 194 valence electrons. The van der Waals surface area contributed by atoms with Crippen molar-refractivity contribution < 1.29 is 35.2 Å². The van der Waals surface area contributed by atoms with Crippen LogP contribution in [0.3, 0.4) is 0 Å². The first-order valence-electron chi connectivity index (χ1n) is 10.7. The Bertz CT molecular complexity index is 1620. The Morgan fingerprint density at radius 2 is 1.84 bits per heavy atom. The first-order valence-corrected chi connectivity index (χ1v) is 13.3. The second-order valence-electron chi connectivity index (χ2n) is 8.15. The summed E-state index contributed by atoms with van der Waals surface area (Å²) in [6.45, 7) is -0.742. The molecule has 0 saturated heterocycles. The van der Waals surface area contributed by atoms with Gasteiger partial charge in [-0.3, -0.25) is 9.10 Å². The average molecular weight is 599 g/mol. The number of alkyl halides is 3.